The van der Waals surface area contributed by atoms with Gasteiger partial charge >= 0.3 is 0 Å². The number of hydrogen-bond donors (Lipinski definition) is 0. The lowest BCUT2D eigenvalue weighted by Gasteiger charge is -2.34. The third-order valence-electron chi connectivity index (χ3n) is 18.7. The molecule has 0 unspecified atom stereocenters. The third-order valence-corrected chi connectivity index (χ3v) is 26.7. The van der Waals surface area contributed by atoms with Gasteiger partial charge in [0.05, 0.1) is 137 Å². The molecule has 16 aromatic carbocycles. The fourth-order valence-electron chi connectivity index (χ4n) is 13.8. The van der Waals surface area contributed by atoms with Gasteiger partial charge in [-0.05, 0) is 127 Å². The van der Waals surface area contributed by atoms with Crippen LogP contribution in [0.25, 0.3) is 133 Å². The molecule has 0 saturated carbocycles. The van der Waals surface area contributed by atoms with E-state index in [1.807, 2.05) is 0 Å². The number of benzene rings is 16. The summed E-state index contributed by atoms with van der Waals surface area (Å²) in [6.07, 6.45) is 0. The number of hydrogen-bond acceptors (Lipinski definition) is 4. The van der Waals surface area contributed by atoms with Crippen molar-refractivity contribution in [3.8, 4) is 46.0 Å². The zero-order valence-electron chi connectivity index (χ0n) is 127. The van der Waals surface area contributed by atoms with E-state index in [0.29, 0.717) is 9.13 Å². The van der Waals surface area contributed by atoms with Crippen LogP contribution in [0.5, 0.6) is 0 Å². The highest BCUT2D eigenvalue weighted by Gasteiger charge is 2.43. The molecule has 0 N–H and O–H groups in total. The molecule has 548 valence electrons. The molecule has 6 aromatic heterocycles. The fraction of sp³-hybridized carbons (Fsp3) is 0.0189. The number of nitrogens with zero attached hydrogens (tertiary/aromatic N) is 8. The van der Waals surface area contributed by atoms with Crippen molar-refractivity contribution >= 4 is 145 Å². The highest BCUT2D eigenvalue weighted by atomic mass is 28.3. The minimum absolute atomic E-state index is 0.384. The van der Waals surface area contributed by atoms with Gasteiger partial charge in [0.1, 0.15) is 11.6 Å². The van der Waals surface area contributed by atoms with Crippen LogP contribution in [0.1, 0.15) is 104 Å². The van der Waals surface area contributed by atoms with Gasteiger partial charge in [-0.25, -0.2) is 4.98 Å². The second kappa shape index (κ2) is 28.8. The lowest BCUT2D eigenvalue weighted by atomic mass is 10.1. The Morgan fingerprint density at radius 2 is 0.448 bits per heavy atom. The van der Waals surface area contributed by atoms with Crippen LogP contribution in [0.2, 0.25) is 0 Å². The molecule has 0 amide bonds. The standard InChI is InChI=1S/C54H39N3Si.C52H37N5Si/c1-38-31-33-43(34-32-38)58(41-18-4-2-5-19-41,42-20-6-3-7-21-42)44-22-16-17-39(35-44)40-36-53(56-49-27-12-8-23-45(49)46-24-9-13-28-50(46)56)55-54(37-40)57-51-29-14-10-25-47(51)48-26-11-15-30-52(48)57;1-36-31-33-40(34-32-36)58(38-18-4-2-5-19-38,39-20-6-3-7-21-39)41-22-16-17-37(35-41)50-53-51(56-46-27-12-8-23-42(46)43-24-9-13-28-47(43)56)55-52(54-50)57-48-29-14-10-25-44(48)45-26-11-15-30-49(45)57/h2-37H,1H3;2-35H,1H3/i2*2D,3D,4D,5D,6D,7D,8D,9D,10D,11D,12D,13D,14D,15D,16D,17D,18D,19D,20D,21D,22D,23D,24D,25D,26D,27D,28D,29D,30D,31D,32D,33D,34D,35D. The Balaban J connectivity index is 0.000000206. The van der Waals surface area contributed by atoms with E-state index in [0.717, 1.165) is 35.1 Å². The normalized spacial score (nSPS) is 20.1. The quantitative estimate of drug-likeness (QED) is 0.0803. The van der Waals surface area contributed by atoms with Crippen molar-refractivity contribution in [2.24, 2.45) is 0 Å². The van der Waals surface area contributed by atoms with Crippen LogP contribution >= 0.6 is 0 Å². The van der Waals surface area contributed by atoms with Crippen molar-refractivity contribution in [3.63, 3.8) is 0 Å². The molecule has 10 heteroatoms. The Morgan fingerprint density at radius 3 is 0.750 bits per heavy atom. The van der Waals surface area contributed by atoms with Crippen LogP contribution in [-0.2, 0) is 0 Å². The molecular formula is C106H76N8Si2. The van der Waals surface area contributed by atoms with E-state index in [9.17, 15) is 43.9 Å². The topological polar surface area (TPSA) is 71.3 Å². The molecule has 0 aliphatic heterocycles. The number of rotatable bonds is 14. The molecule has 116 heavy (non-hydrogen) atoms. The smallest absolute Gasteiger partial charge is 0.240 e. The molecular weight excluding hydrogens is 1440 g/mol. The number of fused-ring (bicyclic) bond motifs is 12. The minimum atomic E-state index is -6.52. The molecule has 22 rings (SSSR count). The Morgan fingerprint density at radius 1 is 0.207 bits per heavy atom. The van der Waals surface area contributed by atoms with Crippen LogP contribution in [0, 0.1) is 13.8 Å². The van der Waals surface area contributed by atoms with Gasteiger partial charge in [-0.3, -0.25) is 18.3 Å². The van der Waals surface area contributed by atoms with E-state index in [1.54, 1.807) is 0 Å². The summed E-state index contributed by atoms with van der Waals surface area (Å²) in [5, 5.41) is -13.9. The summed E-state index contributed by atoms with van der Waals surface area (Å²) in [5.74, 6) is -4.93. The number of pyridine rings is 1. The van der Waals surface area contributed by atoms with Crippen LogP contribution in [-0.4, -0.2) is 54.4 Å². The molecule has 0 atom stereocenters. The van der Waals surface area contributed by atoms with Crippen molar-refractivity contribution < 1.29 is 93.2 Å². The van der Waals surface area contributed by atoms with E-state index in [4.69, 9.17) is 54.3 Å². The van der Waals surface area contributed by atoms with E-state index in [1.165, 1.54) is 0 Å². The first-order valence-corrected chi connectivity index (χ1v) is 38.1. The first-order valence-electron chi connectivity index (χ1n) is 68.1. The lowest BCUT2D eigenvalue weighted by molar-refractivity contribution is 0.893. The first kappa shape index (κ1) is 28.4. The average molecular weight is 1590 g/mol. The Kier molecular flexibility index (Phi) is 7.07. The molecule has 0 radical (unpaired) electrons. The molecule has 0 aliphatic carbocycles. The Labute approximate surface area is 769 Å². The summed E-state index contributed by atoms with van der Waals surface area (Å²) in [6.45, 7) is 2.27. The van der Waals surface area contributed by atoms with Gasteiger partial charge < -0.3 is 0 Å². The third kappa shape index (κ3) is 11.5. The summed E-state index contributed by atoms with van der Waals surface area (Å²) in [6, 6.07) is -71.6. The summed E-state index contributed by atoms with van der Waals surface area (Å²) in [4.78, 5) is 18.5. The van der Waals surface area contributed by atoms with Crippen molar-refractivity contribution in [2.45, 2.75) is 13.8 Å². The molecule has 0 fully saturated rings. The minimum Gasteiger partial charge on any atom is -0.294 e. The van der Waals surface area contributed by atoms with Gasteiger partial charge in [0, 0.05) is 48.7 Å². The van der Waals surface area contributed by atoms with E-state index in [-0.39, 0.29) is 5.56 Å². The molecule has 0 bridgehead atoms. The summed E-state index contributed by atoms with van der Waals surface area (Å²) in [7, 11) is -13.0. The fourth-order valence-corrected chi connectivity index (χ4v) is 20.9. The lowest BCUT2D eigenvalue weighted by Crippen LogP contribution is -2.74. The summed E-state index contributed by atoms with van der Waals surface area (Å²) in [5.41, 5.74) is -9.19. The monoisotopic (exact) mass is 1580 g/mol. The van der Waals surface area contributed by atoms with Crippen molar-refractivity contribution in [2.75, 3.05) is 0 Å². The maximum Gasteiger partial charge on any atom is 0.240 e. The zero-order chi connectivity index (χ0) is 136. The van der Waals surface area contributed by atoms with Gasteiger partial charge in [-0.2, -0.15) is 15.0 Å². The summed E-state index contributed by atoms with van der Waals surface area (Å²) >= 11 is 0. The van der Waals surface area contributed by atoms with Crippen LogP contribution < -0.4 is 41.5 Å². The highest BCUT2D eigenvalue weighted by molar-refractivity contribution is 7.20. The molecule has 6 heterocycles. The second-order valence-electron chi connectivity index (χ2n) is 25.0. The SMILES string of the molecule is [2H]c1c([2H])c([2H])c([Si](c2c([2H])c([2H])c([2H])c([2H])c2[2H])(c2c([2H])c([2H])c(C)c([2H])c2[2H])c2c([2H])c([2H])c([2H])c(-c3cc(-n4c5c([2H])c([2H])c([2H])c([2H])c5c5c([2H])c([2H])c([2H])c([2H])c54)nc(-n4c5c([2H])c([2H])c([2H])c([2H])c5c5c([2H])c([2H])c([2H])c([2H])c54)c3)c2[2H])c([2H])c1[2H].[2H]c1c([2H])c([2H])c([Si](c2c([2H])c([2H])c([2H])c([2H])c2[2H])(c2c([2H])c([2H])c(C)c([2H])c2[2H])c2c([2H])c([2H])c([2H])c(-c3nc(-n4c5c([2H])c([2H])c([2H])c([2H])c5c5c([2H])c([2H])c([2H])c([2H])c54)nc(-n4c5c([2H])c([2H])c([2H])c([2H])c5c5c([2H])c([2H])c([2H])c([2H])c54)n3)c2[2H])c([2H])c1[2H]. The van der Waals surface area contributed by atoms with Gasteiger partial charge in [0.15, 0.2) is 22.0 Å². The molecule has 0 aliphatic rings. The van der Waals surface area contributed by atoms with Crippen molar-refractivity contribution in [1.82, 2.24) is 38.2 Å². The van der Waals surface area contributed by atoms with E-state index in [2.05, 4.69) is 15.0 Å². The van der Waals surface area contributed by atoms with E-state index < -0.39 is 607 Å². The zero-order valence-corrected chi connectivity index (χ0v) is 60.7. The number of para-hydroxylation sites is 8. The molecule has 0 saturated heterocycles. The van der Waals surface area contributed by atoms with Crippen LogP contribution in [0.3, 0.4) is 0 Å². The molecule has 0 spiro atoms. The molecule has 22 aromatic rings. The van der Waals surface area contributed by atoms with Crippen molar-refractivity contribution in [3.05, 3.63) is 434 Å². The van der Waals surface area contributed by atoms with Crippen molar-refractivity contribution in [1.29, 1.82) is 0 Å². The maximum atomic E-state index is 10.7. The number of aromatic nitrogens is 8. The predicted octanol–water partition coefficient (Wildman–Crippen LogP) is 20.0. The maximum absolute atomic E-state index is 10.7. The van der Waals surface area contributed by atoms with Crippen LogP contribution in [0.15, 0.2) is 423 Å². The Bertz CT molecular complexity index is 10100. The first-order chi connectivity index (χ1) is 85.6. The summed E-state index contributed by atoms with van der Waals surface area (Å²) < 4.78 is 631. The average Bonchev–Trinajstić information content (AvgIpc) is 1.23. The van der Waals surface area contributed by atoms with Gasteiger partial charge in [-0.1, -0.05) is 374 Å². The van der Waals surface area contributed by atoms with Gasteiger partial charge in [-0.15, -0.1) is 0 Å². The molecule has 8 nitrogen and oxygen atoms in total. The largest absolute Gasteiger partial charge is 0.294 e. The Hall–Kier alpha value is -14.7. The highest BCUT2D eigenvalue weighted by Crippen LogP contribution is 2.39. The van der Waals surface area contributed by atoms with Gasteiger partial charge in [0.2, 0.25) is 11.9 Å². The predicted molar refractivity (Wildman–Crippen MR) is 489 cm³/mol. The van der Waals surface area contributed by atoms with Crippen LogP contribution in [0.4, 0.5) is 0 Å². The van der Waals surface area contributed by atoms with E-state index >= 15 is 0 Å². The van der Waals surface area contributed by atoms with Gasteiger partial charge in [0.25, 0.3) is 0 Å². The second-order valence-corrected chi connectivity index (χ2v) is 32.0.